The third-order valence-electron chi connectivity index (χ3n) is 4.12. The molecule has 100 valence electrons. The first-order chi connectivity index (χ1) is 8.51. The second-order valence-corrected chi connectivity index (χ2v) is 4.94. The number of nitrogens with zero attached hydrogens (tertiary/aromatic N) is 4. The first-order valence-corrected chi connectivity index (χ1v) is 6.34. The molecule has 6 heteroatoms. The monoisotopic (exact) mass is 252 g/mol. The Morgan fingerprint density at radius 2 is 2.22 bits per heavy atom. The van der Waals surface area contributed by atoms with Gasteiger partial charge in [0.05, 0.1) is 6.54 Å². The van der Waals surface area contributed by atoms with Crippen LogP contribution < -0.4 is 0 Å². The van der Waals surface area contributed by atoms with Crippen LogP contribution in [0.25, 0.3) is 0 Å². The SMILES string of the molecule is CCC1(C(=O)O)CCCN1Cc1nnc(C)n1C. The minimum atomic E-state index is -0.722. The molecule has 0 bridgehead atoms. The molecule has 6 nitrogen and oxygen atoms in total. The molecule has 1 aliphatic rings. The average molecular weight is 252 g/mol. The van der Waals surface area contributed by atoms with Gasteiger partial charge in [-0.15, -0.1) is 10.2 Å². The van der Waals surface area contributed by atoms with Gasteiger partial charge in [0, 0.05) is 7.05 Å². The second-order valence-electron chi connectivity index (χ2n) is 4.94. The van der Waals surface area contributed by atoms with Gasteiger partial charge in [0.2, 0.25) is 0 Å². The molecule has 1 unspecified atom stereocenters. The zero-order chi connectivity index (χ0) is 13.3. The Labute approximate surface area is 107 Å². The summed E-state index contributed by atoms with van der Waals surface area (Å²) in [6.07, 6.45) is 2.27. The Balaban J connectivity index is 2.23. The zero-order valence-electron chi connectivity index (χ0n) is 11.2. The van der Waals surface area contributed by atoms with Crippen LogP contribution in [0.15, 0.2) is 0 Å². The molecular weight excluding hydrogens is 232 g/mol. The summed E-state index contributed by atoms with van der Waals surface area (Å²) in [5.41, 5.74) is -0.722. The normalized spacial score (nSPS) is 24.6. The van der Waals surface area contributed by atoms with Crippen molar-refractivity contribution in [2.24, 2.45) is 7.05 Å². The molecule has 1 fully saturated rings. The van der Waals surface area contributed by atoms with E-state index < -0.39 is 11.5 Å². The topological polar surface area (TPSA) is 71.2 Å². The van der Waals surface area contributed by atoms with Gasteiger partial charge in [-0.25, -0.2) is 0 Å². The van der Waals surface area contributed by atoms with Crippen LogP contribution in [-0.2, 0) is 18.4 Å². The van der Waals surface area contributed by atoms with Gasteiger partial charge in [-0.2, -0.15) is 0 Å². The third kappa shape index (κ3) is 1.90. The van der Waals surface area contributed by atoms with E-state index in [0.29, 0.717) is 13.0 Å². The molecule has 1 aromatic rings. The van der Waals surface area contributed by atoms with E-state index in [1.54, 1.807) is 0 Å². The van der Waals surface area contributed by atoms with Crippen molar-refractivity contribution in [3.8, 4) is 0 Å². The summed E-state index contributed by atoms with van der Waals surface area (Å²) in [7, 11) is 1.91. The number of carbonyl (C=O) groups is 1. The molecule has 0 aromatic carbocycles. The van der Waals surface area contributed by atoms with Gasteiger partial charge < -0.3 is 9.67 Å². The van der Waals surface area contributed by atoms with E-state index in [4.69, 9.17) is 0 Å². The highest BCUT2D eigenvalue weighted by Crippen LogP contribution is 2.33. The fourth-order valence-corrected chi connectivity index (χ4v) is 2.72. The Bertz CT molecular complexity index is 457. The number of carboxylic acids is 1. The maximum absolute atomic E-state index is 11.6. The molecular formula is C12H20N4O2. The van der Waals surface area contributed by atoms with Crippen LogP contribution in [0.2, 0.25) is 0 Å². The zero-order valence-corrected chi connectivity index (χ0v) is 11.2. The number of rotatable bonds is 4. The highest BCUT2D eigenvalue weighted by atomic mass is 16.4. The lowest BCUT2D eigenvalue weighted by Crippen LogP contribution is -2.49. The van der Waals surface area contributed by atoms with E-state index in [9.17, 15) is 9.90 Å². The largest absolute Gasteiger partial charge is 0.480 e. The van der Waals surface area contributed by atoms with Crippen molar-refractivity contribution in [1.82, 2.24) is 19.7 Å². The summed E-state index contributed by atoms with van der Waals surface area (Å²) in [5, 5.41) is 17.6. The third-order valence-corrected chi connectivity index (χ3v) is 4.12. The molecule has 0 aliphatic carbocycles. The number of likely N-dealkylation sites (tertiary alicyclic amines) is 1. The maximum atomic E-state index is 11.6. The van der Waals surface area contributed by atoms with Crippen LogP contribution in [0.4, 0.5) is 0 Å². The van der Waals surface area contributed by atoms with Crippen molar-refractivity contribution in [3.05, 3.63) is 11.6 Å². The fraction of sp³-hybridized carbons (Fsp3) is 0.750. The fourth-order valence-electron chi connectivity index (χ4n) is 2.72. The molecule has 0 amide bonds. The van der Waals surface area contributed by atoms with E-state index in [1.807, 2.05) is 30.4 Å². The standard InChI is InChI=1S/C12H20N4O2/c1-4-12(11(17)18)6-5-7-16(12)8-10-14-13-9(2)15(10)3/h4-8H2,1-3H3,(H,17,18). The molecule has 1 N–H and O–H groups in total. The van der Waals surface area contributed by atoms with Crippen LogP contribution in [0, 0.1) is 6.92 Å². The molecule has 1 aromatic heterocycles. The molecule has 0 radical (unpaired) electrons. The summed E-state index contributed by atoms with van der Waals surface area (Å²) in [6, 6.07) is 0. The first kappa shape index (κ1) is 13.0. The van der Waals surface area contributed by atoms with Gasteiger partial charge in [-0.3, -0.25) is 9.69 Å². The van der Waals surface area contributed by atoms with Crippen molar-refractivity contribution in [2.75, 3.05) is 6.54 Å². The van der Waals surface area contributed by atoms with Gasteiger partial charge in [-0.1, -0.05) is 6.92 Å². The average Bonchev–Trinajstić information content (AvgIpc) is 2.89. The van der Waals surface area contributed by atoms with Crippen molar-refractivity contribution >= 4 is 5.97 Å². The number of carboxylic acid groups (broad SMARTS) is 1. The molecule has 2 rings (SSSR count). The van der Waals surface area contributed by atoms with Crippen molar-refractivity contribution in [1.29, 1.82) is 0 Å². The number of aliphatic carboxylic acids is 1. The van der Waals surface area contributed by atoms with Crippen LogP contribution in [0.5, 0.6) is 0 Å². The second kappa shape index (κ2) is 4.68. The van der Waals surface area contributed by atoms with Gasteiger partial charge in [0.1, 0.15) is 17.2 Å². The lowest BCUT2D eigenvalue weighted by atomic mass is 9.93. The molecule has 0 saturated carbocycles. The lowest BCUT2D eigenvalue weighted by molar-refractivity contribution is -0.150. The van der Waals surface area contributed by atoms with E-state index >= 15 is 0 Å². The summed E-state index contributed by atoms with van der Waals surface area (Å²) in [6.45, 7) is 5.20. The van der Waals surface area contributed by atoms with Gasteiger partial charge >= 0.3 is 5.97 Å². The van der Waals surface area contributed by atoms with Crippen LogP contribution in [0.1, 0.15) is 37.8 Å². The van der Waals surface area contributed by atoms with Crippen LogP contribution >= 0.6 is 0 Å². The van der Waals surface area contributed by atoms with E-state index in [-0.39, 0.29) is 0 Å². The van der Waals surface area contributed by atoms with E-state index in [1.165, 1.54) is 0 Å². The van der Waals surface area contributed by atoms with Crippen LogP contribution in [-0.4, -0.2) is 42.8 Å². The minimum absolute atomic E-state index is 0.553. The predicted molar refractivity (Wildman–Crippen MR) is 66.0 cm³/mol. The lowest BCUT2D eigenvalue weighted by Gasteiger charge is -2.33. The minimum Gasteiger partial charge on any atom is -0.480 e. The Morgan fingerprint density at radius 3 is 2.72 bits per heavy atom. The van der Waals surface area contributed by atoms with Gasteiger partial charge in [0.15, 0.2) is 0 Å². The Hall–Kier alpha value is -1.43. The van der Waals surface area contributed by atoms with Crippen molar-refractivity contribution in [2.45, 2.75) is 45.2 Å². The molecule has 18 heavy (non-hydrogen) atoms. The highest BCUT2D eigenvalue weighted by Gasteiger charge is 2.46. The highest BCUT2D eigenvalue weighted by molar-refractivity contribution is 5.79. The summed E-state index contributed by atoms with van der Waals surface area (Å²) in [4.78, 5) is 13.6. The molecule has 1 aliphatic heterocycles. The molecule has 0 spiro atoms. The number of aromatic nitrogens is 3. The van der Waals surface area contributed by atoms with Crippen LogP contribution in [0.3, 0.4) is 0 Å². The molecule has 2 heterocycles. The van der Waals surface area contributed by atoms with E-state index in [2.05, 4.69) is 10.2 Å². The summed E-state index contributed by atoms with van der Waals surface area (Å²) < 4.78 is 1.92. The number of hydrogen-bond acceptors (Lipinski definition) is 4. The van der Waals surface area contributed by atoms with Gasteiger partial charge in [0.25, 0.3) is 0 Å². The summed E-state index contributed by atoms with van der Waals surface area (Å²) >= 11 is 0. The predicted octanol–water partition coefficient (Wildman–Crippen LogP) is 0.953. The van der Waals surface area contributed by atoms with E-state index in [0.717, 1.165) is 31.0 Å². The first-order valence-electron chi connectivity index (χ1n) is 6.34. The molecule has 1 atom stereocenters. The Kier molecular flexibility index (Phi) is 3.38. The summed E-state index contributed by atoms with van der Waals surface area (Å²) in [5.74, 6) is 0.955. The maximum Gasteiger partial charge on any atom is 0.324 e. The Morgan fingerprint density at radius 1 is 1.50 bits per heavy atom. The smallest absolute Gasteiger partial charge is 0.324 e. The molecule has 1 saturated heterocycles. The number of aryl methyl sites for hydroxylation is 1. The number of hydrogen-bond donors (Lipinski definition) is 1. The quantitative estimate of drug-likeness (QED) is 0.864. The van der Waals surface area contributed by atoms with Crippen molar-refractivity contribution < 1.29 is 9.90 Å². The van der Waals surface area contributed by atoms with Crippen molar-refractivity contribution in [3.63, 3.8) is 0 Å². The van der Waals surface area contributed by atoms with Gasteiger partial charge in [-0.05, 0) is 32.7 Å².